The topological polar surface area (TPSA) is 90.8 Å². The van der Waals surface area contributed by atoms with E-state index in [1.54, 1.807) is 24.3 Å². The normalized spacial score (nSPS) is 11.1. The van der Waals surface area contributed by atoms with Crippen LogP contribution in [0.3, 0.4) is 0 Å². The molecule has 0 aliphatic heterocycles. The Morgan fingerprint density at radius 2 is 1.68 bits per heavy atom. The number of carbonyl (C=O) groups excluding carboxylic acids is 2. The number of nitrogens with one attached hydrogen (secondary N) is 2. The molecule has 0 fully saturated rings. The Morgan fingerprint density at radius 1 is 0.964 bits per heavy atom. The van der Waals surface area contributed by atoms with Gasteiger partial charge in [0.2, 0.25) is 0 Å². The minimum atomic E-state index is -0.899. The molecular formula is C22H21N3O3. The molecule has 0 aliphatic carbocycles. The van der Waals surface area contributed by atoms with E-state index in [0.717, 1.165) is 16.3 Å². The lowest BCUT2D eigenvalue weighted by Crippen LogP contribution is -2.32. The SMILES string of the molecule is CC(C)c1ccc(NC(=O)C(=O)N/N=C\c2c(O)ccc3ccccc23)cc1. The number of hydrazone groups is 1. The average molecular weight is 375 g/mol. The largest absolute Gasteiger partial charge is 0.507 e. The average Bonchev–Trinajstić information content (AvgIpc) is 2.70. The van der Waals surface area contributed by atoms with Gasteiger partial charge in [-0.15, -0.1) is 0 Å². The van der Waals surface area contributed by atoms with Crippen molar-refractivity contribution < 1.29 is 14.7 Å². The number of rotatable bonds is 4. The number of carbonyl (C=O) groups is 2. The van der Waals surface area contributed by atoms with Crippen LogP contribution in [0.2, 0.25) is 0 Å². The molecule has 3 aromatic rings. The highest BCUT2D eigenvalue weighted by molar-refractivity contribution is 6.39. The van der Waals surface area contributed by atoms with Crippen molar-refractivity contribution >= 4 is 34.5 Å². The minimum absolute atomic E-state index is 0.0337. The summed E-state index contributed by atoms with van der Waals surface area (Å²) >= 11 is 0. The first-order valence-electron chi connectivity index (χ1n) is 8.91. The van der Waals surface area contributed by atoms with Gasteiger partial charge in [0.1, 0.15) is 5.75 Å². The maximum absolute atomic E-state index is 12.0. The second kappa shape index (κ2) is 8.35. The number of hydrogen-bond acceptors (Lipinski definition) is 4. The number of amides is 2. The summed E-state index contributed by atoms with van der Waals surface area (Å²) in [4.78, 5) is 24.0. The number of aromatic hydroxyl groups is 1. The quantitative estimate of drug-likeness (QED) is 0.368. The molecule has 0 unspecified atom stereocenters. The number of phenols is 1. The molecule has 0 aliphatic rings. The van der Waals surface area contributed by atoms with Gasteiger partial charge in [-0.2, -0.15) is 5.10 Å². The summed E-state index contributed by atoms with van der Waals surface area (Å²) in [5.41, 5.74) is 4.31. The van der Waals surface area contributed by atoms with Crippen molar-refractivity contribution in [3.8, 4) is 5.75 Å². The van der Waals surface area contributed by atoms with Crippen LogP contribution in [0.15, 0.2) is 65.8 Å². The molecule has 0 saturated heterocycles. The highest BCUT2D eigenvalue weighted by Crippen LogP contribution is 2.25. The van der Waals surface area contributed by atoms with Crippen LogP contribution >= 0.6 is 0 Å². The van der Waals surface area contributed by atoms with Gasteiger partial charge in [0.15, 0.2) is 0 Å². The van der Waals surface area contributed by atoms with Crippen LogP contribution in [0, 0.1) is 0 Å². The Bertz CT molecular complexity index is 1040. The first kappa shape index (κ1) is 19.1. The lowest BCUT2D eigenvalue weighted by atomic mass is 10.0. The van der Waals surface area contributed by atoms with Crippen LogP contribution < -0.4 is 10.7 Å². The number of hydrogen-bond donors (Lipinski definition) is 3. The molecule has 0 aromatic heterocycles. The van der Waals surface area contributed by atoms with E-state index in [2.05, 4.69) is 29.7 Å². The zero-order valence-electron chi connectivity index (χ0n) is 15.6. The molecule has 6 heteroatoms. The second-order valence-electron chi connectivity index (χ2n) is 6.65. The lowest BCUT2D eigenvalue weighted by molar-refractivity contribution is -0.136. The molecule has 3 N–H and O–H groups in total. The van der Waals surface area contributed by atoms with E-state index in [-0.39, 0.29) is 5.75 Å². The van der Waals surface area contributed by atoms with Gasteiger partial charge in [0.25, 0.3) is 0 Å². The summed E-state index contributed by atoms with van der Waals surface area (Å²) in [6.45, 7) is 4.15. The number of benzene rings is 3. The Hall–Kier alpha value is -3.67. The maximum Gasteiger partial charge on any atom is 0.329 e. The Morgan fingerprint density at radius 3 is 2.39 bits per heavy atom. The molecule has 3 aromatic carbocycles. The van der Waals surface area contributed by atoms with Crippen molar-refractivity contribution in [3.05, 3.63) is 71.8 Å². The zero-order chi connectivity index (χ0) is 20.1. The fourth-order valence-corrected chi connectivity index (χ4v) is 2.77. The van der Waals surface area contributed by atoms with Crippen molar-refractivity contribution in [3.63, 3.8) is 0 Å². The van der Waals surface area contributed by atoms with Crippen molar-refractivity contribution in [2.75, 3.05) is 5.32 Å². The highest BCUT2D eigenvalue weighted by atomic mass is 16.3. The summed E-state index contributed by atoms with van der Waals surface area (Å²) in [6, 6.07) is 18.1. The predicted molar refractivity (Wildman–Crippen MR) is 111 cm³/mol. The molecule has 0 bridgehead atoms. The zero-order valence-corrected chi connectivity index (χ0v) is 15.6. The van der Waals surface area contributed by atoms with Gasteiger partial charge in [-0.1, -0.05) is 56.3 Å². The number of fused-ring (bicyclic) bond motifs is 1. The molecule has 3 rings (SSSR count). The van der Waals surface area contributed by atoms with Gasteiger partial charge < -0.3 is 10.4 Å². The first-order valence-corrected chi connectivity index (χ1v) is 8.91. The highest BCUT2D eigenvalue weighted by Gasteiger charge is 2.13. The molecule has 0 atom stereocenters. The first-order chi connectivity index (χ1) is 13.5. The van der Waals surface area contributed by atoms with Crippen molar-refractivity contribution in [2.24, 2.45) is 5.10 Å². The minimum Gasteiger partial charge on any atom is -0.507 e. The van der Waals surface area contributed by atoms with Crippen molar-refractivity contribution in [1.29, 1.82) is 0 Å². The van der Waals surface area contributed by atoms with Gasteiger partial charge in [0.05, 0.1) is 6.21 Å². The summed E-state index contributed by atoms with van der Waals surface area (Å²) in [7, 11) is 0. The molecule has 0 saturated carbocycles. The fourth-order valence-electron chi connectivity index (χ4n) is 2.77. The summed E-state index contributed by atoms with van der Waals surface area (Å²) in [5, 5.41) is 18.1. The van der Waals surface area contributed by atoms with E-state index >= 15 is 0 Å². The van der Waals surface area contributed by atoms with Gasteiger partial charge in [-0.05, 0) is 40.5 Å². The number of nitrogens with zero attached hydrogens (tertiary/aromatic N) is 1. The van der Waals surface area contributed by atoms with E-state index in [1.807, 2.05) is 36.4 Å². The van der Waals surface area contributed by atoms with Gasteiger partial charge in [0, 0.05) is 11.3 Å². The van der Waals surface area contributed by atoms with Gasteiger partial charge in [-0.25, -0.2) is 5.43 Å². The Balaban J connectivity index is 1.65. The third kappa shape index (κ3) is 4.35. The maximum atomic E-state index is 12.0. The standard InChI is InChI=1S/C22H21N3O3/c1-14(2)15-7-10-17(11-8-15)24-21(27)22(28)25-23-13-19-18-6-4-3-5-16(18)9-12-20(19)26/h3-14,26H,1-2H3,(H,24,27)(H,25,28)/b23-13-. The van der Waals surface area contributed by atoms with Crippen LogP contribution in [0.5, 0.6) is 5.75 Å². The molecule has 6 nitrogen and oxygen atoms in total. The molecule has 0 spiro atoms. The van der Waals surface area contributed by atoms with Crippen LogP contribution in [0.1, 0.15) is 30.9 Å². The summed E-state index contributed by atoms with van der Waals surface area (Å²) in [6.07, 6.45) is 1.32. The van der Waals surface area contributed by atoms with Crippen LogP contribution in [0.25, 0.3) is 10.8 Å². The van der Waals surface area contributed by atoms with Crippen LogP contribution in [0.4, 0.5) is 5.69 Å². The molecule has 0 heterocycles. The fraction of sp³-hybridized carbons (Fsp3) is 0.136. The molecule has 0 radical (unpaired) electrons. The molecule has 28 heavy (non-hydrogen) atoms. The monoisotopic (exact) mass is 375 g/mol. The van der Waals surface area contributed by atoms with E-state index in [9.17, 15) is 14.7 Å². The lowest BCUT2D eigenvalue weighted by Gasteiger charge is -2.08. The Kier molecular flexibility index (Phi) is 5.69. The molecular weight excluding hydrogens is 354 g/mol. The second-order valence-corrected chi connectivity index (χ2v) is 6.65. The van der Waals surface area contributed by atoms with E-state index in [0.29, 0.717) is 17.2 Å². The summed E-state index contributed by atoms with van der Waals surface area (Å²) < 4.78 is 0. The number of anilines is 1. The van der Waals surface area contributed by atoms with E-state index < -0.39 is 11.8 Å². The molecule has 2 amide bonds. The van der Waals surface area contributed by atoms with E-state index in [4.69, 9.17) is 0 Å². The summed E-state index contributed by atoms with van der Waals surface area (Å²) in [5.74, 6) is -1.31. The Labute approximate surface area is 162 Å². The van der Waals surface area contributed by atoms with Gasteiger partial charge in [-0.3, -0.25) is 9.59 Å². The van der Waals surface area contributed by atoms with Crippen molar-refractivity contribution in [1.82, 2.24) is 5.43 Å². The van der Waals surface area contributed by atoms with Crippen molar-refractivity contribution in [2.45, 2.75) is 19.8 Å². The third-order valence-corrected chi connectivity index (χ3v) is 4.35. The number of phenolic OH excluding ortho intramolecular Hbond substituents is 1. The third-order valence-electron chi connectivity index (χ3n) is 4.35. The predicted octanol–water partition coefficient (Wildman–Crippen LogP) is 3.76. The van der Waals surface area contributed by atoms with Gasteiger partial charge >= 0.3 is 11.8 Å². The smallest absolute Gasteiger partial charge is 0.329 e. The molecule has 142 valence electrons. The van der Waals surface area contributed by atoms with E-state index in [1.165, 1.54) is 6.21 Å². The van der Waals surface area contributed by atoms with Crippen LogP contribution in [-0.2, 0) is 9.59 Å². The van der Waals surface area contributed by atoms with Crippen LogP contribution in [-0.4, -0.2) is 23.1 Å².